The molecule has 0 N–H and O–H groups in total. The van der Waals surface area contributed by atoms with Crippen LogP contribution in [0, 0.1) is 5.92 Å². The molecule has 2 aromatic carbocycles. The van der Waals surface area contributed by atoms with Gasteiger partial charge in [0, 0.05) is 22.7 Å². The molecule has 3 aromatic heterocycles. The molecule has 158 valence electrons. The van der Waals surface area contributed by atoms with Crippen molar-refractivity contribution in [1.82, 2.24) is 9.97 Å². The Morgan fingerprint density at radius 3 is 2.56 bits per heavy atom. The lowest BCUT2D eigenvalue weighted by atomic mass is 9.85. The smallest absolute Gasteiger partial charge is 0.153 e. The van der Waals surface area contributed by atoms with Crippen molar-refractivity contribution in [3.63, 3.8) is 0 Å². The first kappa shape index (κ1) is 19.2. The lowest BCUT2D eigenvalue weighted by Gasteiger charge is -2.21. The molecule has 1 fully saturated rings. The van der Waals surface area contributed by atoms with Crippen molar-refractivity contribution in [1.29, 1.82) is 0 Å². The molecule has 1 aliphatic rings. The van der Waals surface area contributed by atoms with Crippen LogP contribution in [0.25, 0.3) is 44.6 Å². The lowest BCUT2D eigenvalue weighted by Crippen LogP contribution is -2.09. The molecule has 32 heavy (non-hydrogen) atoms. The Morgan fingerprint density at radius 1 is 0.812 bits per heavy atom. The first-order valence-electron chi connectivity index (χ1n) is 11.7. The molecule has 0 atom stereocenters. The normalized spacial score (nSPS) is 14.9. The van der Waals surface area contributed by atoms with Gasteiger partial charge in [-0.1, -0.05) is 68.5 Å². The van der Waals surface area contributed by atoms with Gasteiger partial charge in [0.1, 0.15) is 11.1 Å². The highest BCUT2D eigenvalue weighted by Crippen LogP contribution is 2.36. The van der Waals surface area contributed by atoms with Crippen LogP contribution < -0.4 is 0 Å². The van der Waals surface area contributed by atoms with E-state index in [9.17, 15) is 0 Å². The molecule has 0 saturated heterocycles. The van der Waals surface area contributed by atoms with E-state index in [2.05, 4.69) is 42.5 Å². The summed E-state index contributed by atoms with van der Waals surface area (Å²) in [5, 5.41) is 1.04. The summed E-state index contributed by atoms with van der Waals surface area (Å²) >= 11 is 0. The van der Waals surface area contributed by atoms with Gasteiger partial charge in [0.15, 0.2) is 5.58 Å². The van der Waals surface area contributed by atoms with E-state index in [4.69, 9.17) is 14.4 Å². The Hall–Kier alpha value is -3.46. The second-order valence-electron chi connectivity index (χ2n) is 8.95. The van der Waals surface area contributed by atoms with Gasteiger partial charge in [-0.3, -0.25) is 4.98 Å². The Balaban J connectivity index is 1.41. The van der Waals surface area contributed by atoms with E-state index in [1.165, 1.54) is 37.7 Å². The van der Waals surface area contributed by atoms with Crippen LogP contribution in [-0.2, 0) is 6.42 Å². The minimum Gasteiger partial charge on any atom is -0.454 e. The maximum atomic E-state index is 6.32. The predicted molar refractivity (Wildman–Crippen MR) is 130 cm³/mol. The molecule has 1 aliphatic carbocycles. The molecule has 0 bridgehead atoms. The molecular weight excluding hydrogens is 392 g/mol. The van der Waals surface area contributed by atoms with E-state index < -0.39 is 0 Å². The van der Waals surface area contributed by atoms with Crippen LogP contribution in [0.3, 0.4) is 0 Å². The van der Waals surface area contributed by atoms with Crippen molar-refractivity contribution in [2.45, 2.75) is 38.5 Å². The molecule has 6 rings (SSSR count). The molecular formula is C29H26N2O. The van der Waals surface area contributed by atoms with Crippen LogP contribution in [0.4, 0.5) is 0 Å². The molecule has 5 aromatic rings. The number of aromatic nitrogens is 2. The van der Waals surface area contributed by atoms with E-state index >= 15 is 0 Å². The Labute approximate surface area is 188 Å². The molecule has 0 unspecified atom stereocenters. The van der Waals surface area contributed by atoms with Gasteiger partial charge in [-0.25, -0.2) is 4.98 Å². The molecule has 0 radical (unpaired) electrons. The number of rotatable bonds is 4. The summed E-state index contributed by atoms with van der Waals surface area (Å²) in [4.78, 5) is 9.66. The first-order chi connectivity index (χ1) is 15.8. The molecule has 3 heterocycles. The molecule has 1 saturated carbocycles. The molecule has 3 nitrogen and oxygen atoms in total. The predicted octanol–water partition coefficient (Wildman–Crippen LogP) is 7.83. The molecule has 3 heteroatoms. The fourth-order valence-electron chi connectivity index (χ4n) is 5.11. The number of para-hydroxylation sites is 1. The summed E-state index contributed by atoms with van der Waals surface area (Å²) in [6.07, 6.45) is 9.94. The molecule has 0 aliphatic heterocycles. The quantitative estimate of drug-likeness (QED) is 0.298. The summed E-state index contributed by atoms with van der Waals surface area (Å²) in [6, 6.07) is 25.0. The third kappa shape index (κ3) is 3.58. The second kappa shape index (κ2) is 8.23. The SMILES string of the molecule is c1ccc(-c2ccc3oc4c(-c5cc(CC6CCCCC6)ccn5)cccc4c3n2)cc1. The monoisotopic (exact) mass is 418 g/mol. The van der Waals surface area contributed by atoms with Crippen molar-refractivity contribution in [3.8, 4) is 22.5 Å². The minimum atomic E-state index is 0.807. The average Bonchev–Trinajstić information content (AvgIpc) is 3.23. The Bertz CT molecular complexity index is 1380. The summed E-state index contributed by atoms with van der Waals surface area (Å²) in [7, 11) is 0. The van der Waals surface area contributed by atoms with E-state index in [0.717, 1.165) is 56.9 Å². The maximum absolute atomic E-state index is 6.32. The lowest BCUT2D eigenvalue weighted by molar-refractivity contribution is 0.356. The van der Waals surface area contributed by atoms with Gasteiger partial charge in [-0.05, 0) is 54.3 Å². The fourth-order valence-corrected chi connectivity index (χ4v) is 5.11. The number of furan rings is 1. The maximum Gasteiger partial charge on any atom is 0.153 e. The minimum absolute atomic E-state index is 0.807. The number of hydrogen-bond acceptors (Lipinski definition) is 3. The van der Waals surface area contributed by atoms with Crippen molar-refractivity contribution in [2.24, 2.45) is 5.92 Å². The molecule has 0 spiro atoms. The van der Waals surface area contributed by atoms with Crippen LogP contribution in [-0.4, -0.2) is 9.97 Å². The number of hydrogen-bond donors (Lipinski definition) is 0. The van der Waals surface area contributed by atoms with Crippen LogP contribution >= 0.6 is 0 Å². The first-order valence-corrected chi connectivity index (χ1v) is 11.7. The highest BCUT2D eigenvalue weighted by atomic mass is 16.3. The van der Waals surface area contributed by atoms with Crippen molar-refractivity contribution in [3.05, 3.63) is 84.6 Å². The summed E-state index contributed by atoms with van der Waals surface area (Å²) in [5.41, 5.74) is 8.03. The van der Waals surface area contributed by atoms with E-state index in [1.807, 2.05) is 36.5 Å². The van der Waals surface area contributed by atoms with E-state index in [-0.39, 0.29) is 0 Å². The van der Waals surface area contributed by atoms with Crippen molar-refractivity contribution >= 4 is 22.1 Å². The van der Waals surface area contributed by atoms with Gasteiger partial charge in [0.25, 0.3) is 0 Å². The van der Waals surface area contributed by atoms with E-state index in [1.54, 1.807) is 0 Å². The zero-order valence-electron chi connectivity index (χ0n) is 18.1. The number of nitrogens with zero attached hydrogens (tertiary/aromatic N) is 2. The molecule has 0 amide bonds. The van der Waals surface area contributed by atoms with Gasteiger partial charge >= 0.3 is 0 Å². The van der Waals surface area contributed by atoms with Gasteiger partial charge in [-0.2, -0.15) is 0 Å². The third-order valence-corrected chi connectivity index (χ3v) is 6.76. The van der Waals surface area contributed by atoms with Crippen LogP contribution in [0.5, 0.6) is 0 Å². The van der Waals surface area contributed by atoms with Crippen molar-refractivity contribution in [2.75, 3.05) is 0 Å². The summed E-state index contributed by atoms with van der Waals surface area (Å²) < 4.78 is 6.32. The standard InChI is InChI=1S/C29H26N2O/c1-3-8-20(9-4-1)18-21-16-17-30-26(19-21)23-12-7-13-24-28-27(32-29(23)24)15-14-25(31-28)22-10-5-2-6-11-22/h2,5-7,10-17,19-20H,1,3-4,8-9,18H2. The van der Waals surface area contributed by atoms with Crippen LogP contribution in [0.2, 0.25) is 0 Å². The number of pyridine rings is 2. The fraction of sp³-hybridized carbons (Fsp3) is 0.241. The average molecular weight is 419 g/mol. The zero-order chi connectivity index (χ0) is 21.3. The Kier molecular flexibility index (Phi) is 4.95. The van der Waals surface area contributed by atoms with Crippen LogP contribution in [0.1, 0.15) is 37.7 Å². The van der Waals surface area contributed by atoms with Gasteiger partial charge in [-0.15, -0.1) is 0 Å². The number of fused-ring (bicyclic) bond motifs is 3. The van der Waals surface area contributed by atoms with E-state index in [0.29, 0.717) is 0 Å². The topological polar surface area (TPSA) is 38.9 Å². The van der Waals surface area contributed by atoms with Crippen molar-refractivity contribution < 1.29 is 4.42 Å². The highest BCUT2D eigenvalue weighted by molar-refractivity contribution is 6.07. The van der Waals surface area contributed by atoms with Gasteiger partial charge in [0.05, 0.1) is 11.4 Å². The number of benzene rings is 2. The summed E-state index contributed by atoms with van der Waals surface area (Å²) in [6.45, 7) is 0. The largest absolute Gasteiger partial charge is 0.454 e. The third-order valence-electron chi connectivity index (χ3n) is 6.76. The van der Waals surface area contributed by atoms with Gasteiger partial charge < -0.3 is 4.42 Å². The second-order valence-corrected chi connectivity index (χ2v) is 8.95. The zero-order valence-corrected chi connectivity index (χ0v) is 18.1. The Morgan fingerprint density at radius 2 is 1.69 bits per heavy atom. The van der Waals surface area contributed by atoms with Gasteiger partial charge in [0.2, 0.25) is 0 Å². The summed E-state index contributed by atoms with van der Waals surface area (Å²) in [5.74, 6) is 0.807. The van der Waals surface area contributed by atoms with Crippen LogP contribution in [0.15, 0.2) is 83.4 Å². The highest BCUT2D eigenvalue weighted by Gasteiger charge is 2.17.